The van der Waals surface area contributed by atoms with Gasteiger partial charge in [-0.25, -0.2) is 0 Å². The summed E-state index contributed by atoms with van der Waals surface area (Å²) >= 11 is 0. The van der Waals surface area contributed by atoms with Gasteiger partial charge in [-0.3, -0.25) is 0 Å². The van der Waals surface area contributed by atoms with Crippen molar-refractivity contribution < 1.29 is 8.83 Å². The Morgan fingerprint density at radius 2 is 0.923 bits per heavy atom. The lowest BCUT2D eigenvalue weighted by atomic mass is 9.67. The number of benzene rings is 8. The molecule has 1 aliphatic carbocycles. The van der Waals surface area contributed by atoms with Crippen molar-refractivity contribution in [2.75, 3.05) is 0 Å². The van der Waals surface area contributed by atoms with Crippen molar-refractivity contribution in [3.63, 3.8) is 0 Å². The van der Waals surface area contributed by atoms with Crippen molar-refractivity contribution in [1.82, 2.24) is 4.57 Å². The van der Waals surface area contributed by atoms with Gasteiger partial charge in [0.05, 0.1) is 32.6 Å². The fraction of sp³-hybridized carbons (Fsp3) is 0.0204. The summed E-state index contributed by atoms with van der Waals surface area (Å²) in [6.07, 6.45) is 0. The highest BCUT2D eigenvalue weighted by Crippen LogP contribution is 2.57. The Morgan fingerprint density at radius 3 is 1.62 bits per heavy atom. The molecule has 0 saturated heterocycles. The van der Waals surface area contributed by atoms with E-state index in [4.69, 9.17) is 8.83 Å². The van der Waals surface area contributed by atoms with E-state index in [-0.39, 0.29) is 0 Å². The molecule has 0 spiro atoms. The van der Waals surface area contributed by atoms with Crippen molar-refractivity contribution in [2.24, 2.45) is 0 Å². The zero-order valence-electron chi connectivity index (χ0n) is 28.0. The molecule has 0 saturated carbocycles. The van der Waals surface area contributed by atoms with Gasteiger partial charge in [-0.05, 0) is 63.7 Å². The molecule has 3 heteroatoms. The van der Waals surface area contributed by atoms with Crippen LogP contribution < -0.4 is 0 Å². The smallest absolute Gasteiger partial charge is 0.149 e. The van der Waals surface area contributed by atoms with Crippen LogP contribution in [0.2, 0.25) is 0 Å². The maximum atomic E-state index is 6.82. The molecule has 0 N–H and O–H groups in total. The molecule has 8 aromatic carbocycles. The zero-order valence-corrected chi connectivity index (χ0v) is 28.0. The van der Waals surface area contributed by atoms with Crippen molar-refractivity contribution in [3.8, 4) is 16.8 Å². The van der Waals surface area contributed by atoms with E-state index in [1.807, 2.05) is 12.1 Å². The van der Waals surface area contributed by atoms with Crippen LogP contribution in [0.3, 0.4) is 0 Å². The molecule has 52 heavy (non-hydrogen) atoms. The second kappa shape index (κ2) is 10.1. The third-order valence-corrected chi connectivity index (χ3v) is 11.5. The van der Waals surface area contributed by atoms with Gasteiger partial charge in [-0.15, -0.1) is 0 Å². The molecular weight excluding hydrogens is 635 g/mol. The minimum absolute atomic E-state index is 0.507. The second-order valence-corrected chi connectivity index (χ2v) is 13.9. The van der Waals surface area contributed by atoms with Gasteiger partial charge in [-0.2, -0.15) is 0 Å². The largest absolute Gasteiger partial charge is 0.455 e. The van der Waals surface area contributed by atoms with E-state index in [1.54, 1.807) is 0 Å². The van der Waals surface area contributed by atoms with E-state index in [0.717, 1.165) is 71.4 Å². The molecule has 0 unspecified atom stereocenters. The normalized spacial score (nSPS) is 13.5. The topological polar surface area (TPSA) is 31.2 Å². The predicted octanol–water partition coefficient (Wildman–Crippen LogP) is 12.9. The van der Waals surface area contributed by atoms with Crippen LogP contribution in [-0.4, -0.2) is 4.57 Å². The van der Waals surface area contributed by atoms with Crippen molar-refractivity contribution in [3.05, 3.63) is 198 Å². The molecule has 0 bridgehead atoms. The number of hydrogen-bond acceptors (Lipinski definition) is 2. The van der Waals surface area contributed by atoms with Crippen LogP contribution in [0.4, 0.5) is 0 Å². The average Bonchev–Trinajstić information content (AvgIpc) is 3.95. The zero-order chi connectivity index (χ0) is 34.0. The Labute approximate surface area is 298 Å². The summed E-state index contributed by atoms with van der Waals surface area (Å²) in [5, 5.41) is 6.52. The van der Waals surface area contributed by atoms with Gasteiger partial charge in [0.1, 0.15) is 22.3 Å². The van der Waals surface area contributed by atoms with Crippen LogP contribution in [0.5, 0.6) is 0 Å². The predicted molar refractivity (Wildman–Crippen MR) is 213 cm³/mol. The number of para-hydroxylation sites is 3. The lowest BCUT2D eigenvalue weighted by Gasteiger charge is -2.34. The van der Waals surface area contributed by atoms with Crippen LogP contribution in [0.25, 0.3) is 82.5 Å². The van der Waals surface area contributed by atoms with Gasteiger partial charge in [0, 0.05) is 21.8 Å². The average molecular weight is 664 g/mol. The Morgan fingerprint density at radius 1 is 0.404 bits per heavy atom. The van der Waals surface area contributed by atoms with Gasteiger partial charge >= 0.3 is 0 Å². The molecule has 0 aliphatic heterocycles. The number of nitrogens with zero attached hydrogens (tertiary/aromatic N) is 1. The second-order valence-electron chi connectivity index (χ2n) is 13.9. The first-order valence-corrected chi connectivity index (χ1v) is 17.9. The monoisotopic (exact) mass is 663 g/mol. The first-order valence-electron chi connectivity index (χ1n) is 17.9. The first-order chi connectivity index (χ1) is 25.8. The quantitative estimate of drug-likeness (QED) is 0.188. The molecule has 12 rings (SSSR count). The van der Waals surface area contributed by atoms with Gasteiger partial charge in [-0.1, -0.05) is 146 Å². The summed E-state index contributed by atoms with van der Waals surface area (Å²) < 4.78 is 16.1. The molecule has 3 nitrogen and oxygen atoms in total. The SMILES string of the molecule is c1ccc(C2(c3ccccc3)c3ccccc3-c3ccc(-n4c5ccccc5c5c6oc7ccccc7c6c6oc7ccccc7c6c54)cc32)cc1. The number of fused-ring (bicyclic) bond motifs is 15. The lowest BCUT2D eigenvalue weighted by molar-refractivity contribution is 0.665. The van der Waals surface area contributed by atoms with Gasteiger partial charge in [0.2, 0.25) is 0 Å². The summed E-state index contributed by atoms with van der Waals surface area (Å²) in [5.41, 5.74) is 13.8. The van der Waals surface area contributed by atoms with E-state index in [2.05, 4.69) is 168 Å². The summed E-state index contributed by atoms with van der Waals surface area (Å²) in [6, 6.07) is 63.5. The summed E-state index contributed by atoms with van der Waals surface area (Å²) in [5.74, 6) is 0. The first kappa shape index (κ1) is 27.9. The van der Waals surface area contributed by atoms with Crippen LogP contribution in [0.1, 0.15) is 22.3 Å². The van der Waals surface area contributed by atoms with Crippen LogP contribution in [-0.2, 0) is 5.41 Å². The Bertz CT molecular complexity index is 3160. The number of hydrogen-bond donors (Lipinski definition) is 0. The lowest BCUT2D eigenvalue weighted by Crippen LogP contribution is -2.28. The summed E-state index contributed by atoms with van der Waals surface area (Å²) in [4.78, 5) is 0. The molecule has 1 aliphatic rings. The maximum Gasteiger partial charge on any atom is 0.149 e. The molecule has 0 radical (unpaired) electrons. The minimum Gasteiger partial charge on any atom is -0.455 e. The van der Waals surface area contributed by atoms with Crippen molar-refractivity contribution in [1.29, 1.82) is 0 Å². The third-order valence-electron chi connectivity index (χ3n) is 11.5. The van der Waals surface area contributed by atoms with Crippen molar-refractivity contribution in [2.45, 2.75) is 5.41 Å². The maximum absolute atomic E-state index is 6.82. The fourth-order valence-electron chi connectivity index (χ4n) is 9.45. The highest BCUT2D eigenvalue weighted by atomic mass is 16.3. The molecule has 0 amide bonds. The van der Waals surface area contributed by atoms with Crippen LogP contribution >= 0.6 is 0 Å². The Kier molecular flexibility index (Phi) is 5.43. The summed E-state index contributed by atoms with van der Waals surface area (Å²) in [7, 11) is 0. The molecular formula is C49H29NO2. The molecule has 3 heterocycles. The number of rotatable bonds is 3. The van der Waals surface area contributed by atoms with E-state index in [0.29, 0.717) is 0 Å². The van der Waals surface area contributed by atoms with E-state index < -0.39 is 5.41 Å². The fourth-order valence-corrected chi connectivity index (χ4v) is 9.45. The van der Waals surface area contributed by atoms with Crippen molar-refractivity contribution >= 4 is 65.7 Å². The van der Waals surface area contributed by atoms with E-state index >= 15 is 0 Å². The number of aromatic nitrogens is 1. The highest BCUT2D eigenvalue weighted by Gasteiger charge is 2.46. The third kappa shape index (κ3) is 3.40. The van der Waals surface area contributed by atoms with Gasteiger partial charge in [0.15, 0.2) is 0 Å². The molecule has 0 atom stereocenters. The number of furan rings is 2. The standard InChI is InChI=1S/C49H29NO2/c1-3-15-30(16-4-1)49(31-17-5-2-6-18-31)38-23-11-7-19-33(38)34-28-27-32(29-39(34)49)50-40-24-12-8-20-35(40)43-46(50)44-36-21-9-13-25-41(36)51-48(44)45-37-22-10-14-26-42(37)52-47(43)45/h1-29H. The molecule has 0 fully saturated rings. The summed E-state index contributed by atoms with van der Waals surface area (Å²) in [6.45, 7) is 0. The molecule has 242 valence electrons. The molecule has 11 aromatic rings. The Balaban J connectivity index is 1.28. The highest BCUT2D eigenvalue weighted by molar-refractivity contribution is 6.37. The van der Waals surface area contributed by atoms with Crippen LogP contribution in [0.15, 0.2) is 185 Å². The van der Waals surface area contributed by atoms with E-state index in [1.165, 1.54) is 33.4 Å². The minimum atomic E-state index is -0.507. The van der Waals surface area contributed by atoms with Gasteiger partial charge < -0.3 is 13.4 Å². The van der Waals surface area contributed by atoms with E-state index in [9.17, 15) is 0 Å². The van der Waals surface area contributed by atoms with Gasteiger partial charge in [0.25, 0.3) is 0 Å². The Hall–Kier alpha value is -6.84. The molecule has 3 aromatic heterocycles. The van der Waals surface area contributed by atoms with Crippen LogP contribution in [0, 0.1) is 0 Å².